The Morgan fingerprint density at radius 2 is 2.05 bits per heavy atom. The molecule has 0 aromatic carbocycles. The van der Waals surface area contributed by atoms with Crippen LogP contribution in [0.4, 0.5) is 0 Å². The number of rotatable bonds is 6. The Balaban J connectivity index is 2.74. The summed E-state index contributed by atoms with van der Waals surface area (Å²) in [5.74, 6) is 0.136. The molecule has 0 aromatic heterocycles. The lowest BCUT2D eigenvalue weighted by Crippen LogP contribution is -2.49. The molecule has 0 spiro atoms. The second kappa shape index (κ2) is 7.48. The Labute approximate surface area is 115 Å². The van der Waals surface area contributed by atoms with Crippen LogP contribution in [-0.4, -0.2) is 48.6 Å². The van der Waals surface area contributed by atoms with Gasteiger partial charge in [-0.2, -0.15) is 0 Å². The standard InChI is InChI=1S/C14H26N2O3/c1-5-10(3)13-14(18)16(8-7-12(17)15-13)9-11(4)19-6-2/h10-11,13H,5-9H2,1-4H3,(H,15,17). The van der Waals surface area contributed by atoms with Gasteiger partial charge in [-0.05, 0) is 19.8 Å². The van der Waals surface area contributed by atoms with Crippen molar-refractivity contribution in [2.45, 2.75) is 52.7 Å². The average Bonchev–Trinajstić information content (AvgIpc) is 2.51. The number of hydrogen-bond donors (Lipinski definition) is 1. The fourth-order valence-corrected chi connectivity index (χ4v) is 2.30. The molecule has 5 heteroatoms. The fourth-order valence-electron chi connectivity index (χ4n) is 2.30. The van der Waals surface area contributed by atoms with Gasteiger partial charge in [0.2, 0.25) is 11.8 Å². The first-order chi connectivity index (χ1) is 8.99. The molecule has 0 aromatic rings. The Morgan fingerprint density at radius 1 is 1.37 bits per heavy atom. The molecule has 1 N–H and O–H groups in total. The lowest BCUT2D eigenvalue weighted by atomic mass is 9.98. The van der Waals surface area contributed by atoms with Crippen molar-refractivity contribution in [3.05, 3.63) is 0 Å². The van der Waals surface area contributed by atoms with Crippen LogP contribution in [0.2, 0.25) is 0 Å². The molecule has 1 rings (SSSR count). The van der Waals surface area contributed by atoms with Crippen molar-refractivity contribution in [2.75, 3.05) is 19.7 Å². The number of carbonyl (C=O) groups is 2. The van der Waals surface area contributed by atoms with Crippen LogP contribution >= 0.6 is 0 Å². The highest BCUT2D eigenvalue weighted by Gasteiger charge is 2.33. The molecule has 19 heavy (non-hydrogen) atoms. The zero-order valence-corrected chi connectivity index (χ0v) is 12.4. The summed E-state index contributed by atoms with van der Waals surface area (Å²) in [5.41, 5.74) is 0. The van der Waals surface area contributed by atoms with Gasteiger partial charge in [0.15, 0.2) is 0 Å². The van der Waals surface area contributed by atoms with Crippen LogP contribution in [0.15, 0.2) is 0 Å². The maximum atomic E-state index is 12.5. The molecular formula is C14H26N2O3. The summed E-state index contributed by atoms with van der Waals surface area (Å²) in [5, 5.41) is 2.84. The van der Waals surface area contributed by atoms with Gasteiger partial charge in [-0.3, -0.25) is 9.59 Å². The van der Waals surface area contributed by atoms with E-state index in [1.807, 2.05) is 27.7 Å². The Morgan fingerprint density at radius 3 is 2.63 bits per heavy atom. The summed E-state index contributed by atoms with van der Waals surface area (Å²) in [4.78, 5) is 25.9. The van der Waals surface area contributed by atoms with Gasteiger partial charge in [0, 0.05) is 26.1 Å². The van der Waals surface area contributed by atoms with Gasteiger partial charge in [-0.25, -0.2) is 0 Å². The van der Waals surface area contributed by atoms with Crippen molar-refractivity contribution in [1.29, 1.82) is 0 Å². The summed E-state index contributed by atoms with van der Waals surface area (Å²) in [7, 11) is 0. The van der Waals surface area contributed by atoms with Gasteiger partial charge < -0.3 is 15.0 Å². The second-order valence-electron chi connectivity index (χ2n) is 5.23. The SMILES string of the molecule is CCOC(C)CN1CCC(=O)NC(C(C)CC)C1=O. The first-order valence-electron chi connectivity index (χ1n) is 7.19. The van der Waals surface area contributed by atoms with Crippen molar-refractivity contribution in [3.63, 3.8) is 0 Å². The van der Waals surface area contributed by atoms with E-state index in [0.29, 0.717) is 26.1 Å². The van der Waals surface area contributed by atoms with Gasteiger partial charge >= 0.3 is 0 Å². The lowest BCUT2D eigenvalue weighted by Gasteiger charge is -2.29. The number of ether oxygens (including phenoxy) is 1. The largest absolute Gasteiger partial charge is 0.377 e. The van der Waals surface area contributed by atoms with E-state index in [-0.39, 0.29) is 23.8 Å². The molecule has 5 nitrogen and oxygen atoms in total. The lowest BCUT2D eigenvalue weighted by molar-refractivity contribution is -0.136. The minimum Gasteiger partial charge on any atom is -0.377 e. The zero-order valence-electron chi connectivity index (χ0n) is 12.4. The number of nitrogens with zero attached hydrogens (tertiary/aromatic N) is 1. The van der Waals surface area contributed by atoms with Crippen molar-refractivity contribution < 1.29 is 14.3 Å². The summed E-state index contributed by atoms with van der Waals surface area (Å²) in [6.45, 7) is 9.59. The van der Waals surface area contributed by atoms with E-state index < -0.39 is 6.04 Å². The number of amides is 2. The highest BCUT2D eigenvalue weighted by molar-refractivity contribution is 5.90. The summed E-state index contributed by atoms with van der Waals surface area (Å²) >= 11 is 0. The Kier molecular flexibility index (Phi) is 6.28. The van der Waals surface area contributed by atoms with E-state index in [9.17, 15) is 9.59 Å². The van der Waals surface area contributed by atoms with Crippen LogP contribution in [0, 0.1) is 5.92 Å². The fraction of sp³-hybridized carbons (Fsp3) is 0.857. The van der Waals surface area contributed by atoms with Crippen LogP contribution < -0.4 is 5.32 Å². The second-order valence-corrected chi connectivity index (χ2v) is 5.23. The zero-order chi connectivity index (χ0) is 14.4. The molecule has 0 saturated carbocycles. The van der Waals surface area contributed by atoms with Gasteiger partial charge in [-0.15, -0.1) is 0 Å². The normalized spacial score (nSPS) is 23.8. The summed E-state index contributed by atoms with van der Waals surface area (Å²) in [6.07, 6.45) is 1.24. The van der Waals surface area contributed by atoms with Gasteiger partial charge in [0.05, 0.1) is 6.10 Å². The number of nitrogens with one attached hydrogen (secondary N) is 1. The van der Waals surface area contributed by atoms with E-state index in [1.54, 1.807) is 4.90 Å². The highest BCUT2D eigenvalue weighted by atomic mass is 16.5. The van der Waals surface area contributed by atoms with E-state index >= 15 is 0 Å². The third kappa shape index (κ3) is 4.49. The molecule has 1 aliphatic rings. The predicted octanol–water partition coefficient (Wildman–Crippen LogP) is 1.17. The predicted molar refractivity (Wildman–Crippen MR) is 73.7 cm³/mol. The molecule has 1 saturated heterocycles. The third-order valence-electron chi connectivity index (χ3n) is 3.64. The molecule has 1 heterocycles. The Bertz CT molecular complexity index is 320. The average molecular weight is 270 g/mol. The monoisotopic (exact) mass is 270 g/mol. The highest BCUT2D eigenvalue weighted by Crippen LogP contribution is 2.15. The maximum absolute atomic E-state index is 12.5. The topological polar surface area (TPSA) is 58.6 Å². The van der Waals surface area contributed by atoms with Crippen molar-refractivity contribution in [3.8, 4) is 0 Å². The third-order valence-corrected chi connectivity index (χ3v) is 3.64. The molecule has 0 aliphatic carbocycles. The molecule has 1 fully saturated rings. The van der Waals surface area contributed by atoms with Crippen LogP contribution in [0.25, 0.3) is 0 Å². The summed E-state index contributed by atoms with van der Waals surface area (Å²) in [6, 6.07) is -0.395. The van der Waals surface area contributed by atoms with E-state index in [4.69, 9.17) is 4.74 Å². The molecular weight excluding hydrogens is 244 g/mol. The van der Waals surface area contributed by atoms with E-state index in [1.165, 1.54) is 0 Å². The van der Waals surface area contributed by atoms with Gasteiger partial charge in [0.25, 0.3) is 0 Å². The molecule has 2 amide bonds. The van der Waals surface area contributed by atoms with Crippen LogP contribution in [0.5, 0.6) is 0 Å². The van der Waals surface area contributed by atoms with Crippen molar-refractivity contribution >= 4 is 11.8 Å². The Hall–Kier alpha value is -1.10. The molecule has 1 aliphatic heterocycles. The number of carbonyl (C=O) groups excluding carboxylic acids is 2. The first kappa shape index (κ1) is 16.0. The minimum atomic E-state index is -0.395. The van der Waals surface area contributed by atoms with E-state index in [2.05, 4.69) is 5.32 Å². The van der Waals surface area contributed by atoms with Crippen molar-refractivity contribution in [2.24, 2.45) is 5.92 Å². The van der Waals surface area contributed by atoms with Gasteiger partial charge in [-0.1, -0.05) is 20.3 Å². The van der Waals surface area contributed by atoms with Crippen LogP contribution in [0.3, 0.4) is 0 Å². The molecule has 3 unspecified atom stereocenters. The number of hydrogen-bond acceptors (Lipinski definition) is 3. The maximum Gasteiger partial charge on any atom is 0.245 e. The van der Waals surface area contributed by atoms with Crippen LogP contribution in [-0.2, 0) is 14.3 Å². The molecule has 110 valence electrons. The van der Waals surface area contributed by atoms with E-state index in [0.717, 1.165) is 6.42 Å². The minimum absolute atomic E-state index is 0.000246. The first-order valence-corrected chi connectivity index (χ1v) is 7.19. The molecule has 0 radical (unpaired) electrons. The smallest absolute Gasteiger partial charge is 0.245 e. The summed E-state index contributed by atoms with van der Waals surface area (Å²) < 4.78 is 5.48. The van der Waals surface area contributed by atoms with Crippen molar-refractivity contribution in [1.82, 2.24) is 10.2 Å². The molecule has 0 bridgehead atoms. The van der Waals surface area contributed by atoms with Crippen LogP contribution in [0.1, 0.15) is 40.5 Å². The quantitative estimate of drug-likeness (QED) is 0.788. The molecule has 3 atom stereocenters. The van der Waals surface area contributed by atoms with Gasteiger partial charge in [0.1, 0.15) is 6.04 Å².